The monoisotopic (exact) mass is 297 g/mol. The zero-order chi connectivity index (χ0) is 15.4. The van der Waals surface area contributed by atoms with Crippen molar-refractivity contribution in [3.63, 3.8) is 0 Å². The molecule has 1 fully saturated rings. The molecule has 1 saturated carbocycles. The number of nitrogens with one attached hydrogen (secondary N) is 2. The number of H-pyrrole nitrogens is 1. The average molecular weight is 297 g/mol. The van der Waals surface area contributed by atoms with Gasteiger partial charge in [-0.1, -0.05) is 32.6 Å². The Morgan fingerprint density at radius 2 is 2.05 bits per heavy atom. The minimum Gasteiger partial charge on any atom is -0.386 e. The van der Waals surface area contributed by atoms with Gasteiger partial charge in [0.2, 0.25) is 0 Å². The Morgan fingerprint density at radius 1 is 1.27 bits per heavy atom. The first-order chi connectivity index (χ1) is 10.8. The van der Waals surface area contributed by atoms with Crippen LogP contribution in [0.1, 0.15) is 64.5 Å². The molecule has 0 atom stereocenters. The smallest absolute Gasteiger partial charge is 0.0907 e. The van der Waals surface area contributed by atoms with Gasteiger partial charge in [0.1, 0.15) is 0 Å². The molecule has 0 spiro atoms. The molecule has 0 amide bonds. The summed E-state index contributed by atoms with van der Waals surface area (Å²) in [6.07, 6.45) is 13.2. The minimum atomic E-state index is 0.623. The second kappa shape index (κ2) is 6.99. The zero-order valence-corrected chi connectivity index (χ0v) is 13.8. The molecule has 3 rings (SSSR count). The van der Waals surface area contributed by atoms with Crippen LogP contribution >= 0.6 is 0 Å². The lowest BCUT2D eigenvalue weighted by atomic mass is 10.0. The minimum absolute atomic E-state index is 0.623. The van der Waals surface area contributed by atoms with Crippen molar-refractivity contribution in [3.8, 4) is 0 Å². The Bertz CT molecular complexity index is 582. The van der Waals surface area contributed by atoms with E-state index in [-0.39, 0.29) is 0 Å². The number of rotatable bonds is 4. The van der Waals surface area contributed by atoms with Crippen molar-refractivity contribution in [1.82, 2.24) is 10.3 Å². The van der Waals surface area contributed by atoms with Crippen LogP contribution in [-0.2, 0) is 0 Å². The van der Waals surface area contributed by atoms with Gasteiger partial charge in [-0.3, -0.25) is 0 Å². The van der Waals surface area contributed by atoms with E-state index < -0.39 is 0 Å². The van der Waals surface area contributed by atoms with E-state index in [1.165, 1.54) is 49.7 Å². The molecule has 1 aromatic rings. The molecule has 1 aromatic heterocycles. The Hall–Kier alpha value is -1.77. The van der Waals surface area contributed by atoms with Gasteiger partial charge in [0.05, 0.1) is 17.1 Å². The lowest BCUT2D eigenvalue weighted by Crippen LogP contribution is -2.23. The van der Waals surface area contributed by atoms with E-state index in [9.17, 15) is 0 Å². The first kappa shape index (κ1) is 15.1. The number of aromatic amines is 1. The number of aliphatic imine (C=N–C) groups is 1. The molecule has 0 radical (unpaired) electrons. The van der Waals surface area contributed by atoms with Gasteiger partial charge in [0, 0.05) is 18.4 Å². The van der Waals surface area contributed by atoms with Gasteiger partial charge in [-0.2, -0.15) is 0 Å². The molecule has 3 heteroatoms. The Labute approximate surface area is 133 Å². The lowest BCUT2D eigenvalue weighted by molar-refractivity contribution is 0.515. The molecule has 1 aliphatic carbocycles. The van der Waals surface area contributed by atoms with Crippen LogP contribution in [0.3, 0.4) is 0 Å². The molecule has 0 unspecified atom stereocenters. The normalized spacial score (nSPS) is 22.1. The van der Waals surface area contributed by atoms with Crippen molar-refractivity contribution < 1.29 is 0 Å². The summed E-state index contributed by atoms with van der Waals surface area (Å²) in [6.45, 7) is 4.40. The highest BCUT2D eigenvalue weighted by atomic mass is 14.9. The van der Waals surface area contributed by atoms with E-state index in [0.29, 0.717) is 6.04 Å². The summed E-state index contributed by atoms with van der Waals surface area (Å²) in [4.78, 5) is 8.17. The molecule has 0 saturated heterocycles. The fourth-order valence-corrected chi connectivity index (χ4v) is 3.52. The largest absolute Gasteiger partial charge is 0.386 e. The second-order valence-corrected chi connectivity index (χ2v) is 6.39. The summed E-state index contributed by atoms with van der Waals surface area (Å²) in [6, 6.07) is 4.76. The molecular weight excluding hydrogens is 270 g/mol. The van der Waals surface area contributed by atoms with Crippen LogP contribution in [0.2, 0.25) is 0 Å². The summed E-state index contributed by atoms with van der Waals surface area (Å²) in [7, 11) is 0. The van der Waals surface area contributed by atoms with Crippen molar-refractivity contribution in [1.29, 1.82) is 0 Å². The second-order valence-electron chi connectivity index (χ2n) is 6.39. The number of hydrogen-bond donors (Lipinski definition) is 2. The fraction of sp³-hybridized carbons (Fsp3) is 0.526. The molecular formula is C19H27N3. The highest BCUT2D eigenvalue weighted by molar-refractivity contribution is 6.14. The summed E-state index contributed by atoms with van der Waals surface area (Å²) in [5, 5.41) is 3.63. The predicted octanol–water partition coefficient (Wildman–Crippen LogP) is 4.70. The molecule has 2 N–H and O–H groups in total. The van der Waals surface area contributed by atoms with E-state index in [2.05, 4.69) is 36.4 Å². The van der Waals surface area contributed by atoms with Crippen molar-refractivity contribution in [3.05, 3.63) is 47.1 Å². The number of aromatic nitrogens is 1. The van der Waals surface area contributed by atoms with Crippen molar-refractivity contribution in [2.75, 3.05) is 0 Å². The third-order valence-corrected chi connectivity index (χ3v) is 4.87. The highest BCUT2D eigenvalue weighted by Crippen LogP contribution is 2.29. The predicted molar refractivity (Wildman–Crippen MR) is 93.0 cm³/mol. The van der Waals surface area contributed by atoms with Crippen molar-refractivity contribution in [2.45, 2.75) is 64.8 Å². The first-order valence-corrected chi connectivity index (χ1v) is 8.68. The van der Waals surface area contributed by atoms with E-state index >= 15 is 0 Å². The number of allylic oxidation sites excluding steroid dienone is 2. The molecule has 3 nitrogen and oxygen atoms in total. The highest BCUT2D eigenvalue weighted by Gasteiger charge is 2.21. The lowest BCUT2D eigenvalue weighted by Gasteiger charge is -2.14. The summed E-state index contributed by atoms with van der Waals surface area (Å²) in [5.41, 5.74) is 6.00. The van der Waals surface area contributed by atoms with Crippen molar-refractivity contribution >= 4 is 5.71 Å². The van der Waals surface area contributed by atoms with Gasteiger partial charge in [-0.05, 0) is 49.5 Å². The fourth-order valence-electron chi connectivity index (χ4n) is 3.52. The van der Waals surface area contributed by atoms with Gasteiger partial charge in [0.15, 0.2) is 0 Å². The Kier molecular flexibility index (Phi) is 4.81. The summed E-state index contributed by atoms with van der Waals surface area (Å²) >= 11 is 0. The molecule has 118 valence electrons. The molecule has 2 aliphatic rings. The quantitative estimate of drug-likeness (QED) is 0.777. The van der Waals surface area contributed by atoms with Crippen LogP contribution in [0, 0.1) is 0 Å². The maximum atomic E-state index is 4.88. The van der Waals surface area contributed by atoms with Gasteiger partial charge in [-0.25, -0.2) is 4.99 Å². The SMILES string of the molecule is CCC1=C(C)/C(=C/NC2CCCCCC2)N=C1c1ccc[nH]1. The van der Waals surface area contributed by atoms with E-state index in [1.54, 1.807) is 0 Å². The molecule has 2 heterocycles. The van der Waals surface area contributed by atoms with Gasteiger partial charge >= 0.3 is 0 Å². The van der Waals surface area contributed by atoms with E-state index in [0.717, 1.165) is 23.5 Å². The third kappa shape index (κ3) is 3.18. The molecule has 0 bridgehead atoms. The topological polar surface area (TPSA) is 40.2 Å². The molecule has 22 heavy (non-hydrogen) atoms. The molecule has 0 aromatic carbocycles. The maximum absolute atomic E-state index is 4.88. The van der Waals surface area contributed by atoms with Crippen LogP contribution in [0.25, 0.3) is 0 Å². The van der Waals surface area contributed by atoms with Crippen LogP contribution in [0.15, 0.2) is 46.4 Å². The third-order valence-electron chi connectivity index (χ3n) is 4.87. The van der Waals surface area contributed by atoms with Gasteiger partial charge in [-0.15, -0.1) is 0 Å². The van der Waals surface area contributed by atoms with Crippen molar-refractivity contribution in [2.24, 2.45) is 4.99 Å². The van der Waals surface area contributed by atoms with E-state index in [4.69, 9.17) is 4.99 Å². The van der Waals surface area contributed by atoms with Gasteiger partial charge in [0.25, 0.3) is 0 Å². The number of hydrogen-bond acceptors (Lipinski definition) is 2. The van der Waals surface area contributed by atoms with Crippen LogP contribution in [0.5, 0.6) is 0 Å². The summed E-state index contributed by atoms with van der Waals surface area (Å²) < 4.78 is 0. The van der Waals surface area contributed by atoms with Gasteiger partial charge < -0.3 is 10.3 Å². The Morgan fingerprint density at radius 3 is 2.68 bits per heavy atom. The van der Waals surface area contributed by atoms with Crippen LogP contribution in [0.4, 0.5) is 0 Å². The molecule has 1 aliphatic heterocycles. The zero-order valence-electron chi connectivity index (χ0n) is 13.8. The first-order valence-electron chi connectivity index (χ1n) is 8.68. The average Bonchev–Trinajstić information content (AvgIpc) is 3.07. The van der Waals surface area contributed by atoms with E-state index in [1.807, 2.05) is 12.3 Å². The standard InChI is InChI=1S/C19H27N3/c1-3-16-14(2)18(22-19(16)17-11-8-12-20-17)13-21-15-9-6-4-5-7-10-15/h8,11-13,15,20-21H,3-7,9-10H2,1-2H3/b18-13-. The van der Waals surface area contributed by atoms with Crippen LogP contribution in [-0.4, -0.2) is 16.7 Å². The maximum Gasteiger partial charge on any atom is 0.0907 e. The number of nitrogens with zero attached hydrogens (tertiary/aromatic N) is 1. The Balaban J connectivity index is 1.78. The van der Waals surface area contributed by atoms with Crippen LogP contribution < -0.4 is 5.32 Å². The summed E-state index contributed by atoms with van der Waals surface area (Å²) in [5.74, 6) is 0.